The first-order valence-corrected chi connectivity index (χ1v) is 10.2. The van der Waals surface area contributed by atoms with Crippen LogP contribution in [-0.4, -0.2) is 27.9 Å². The lowest BCUT2D eigenvalue weighted by atomic mass is 10.1. The minimum absolute atomic E-state index is 0.0638. The fourth-order valence-electron chi connectivity index (χ4n) is 3.03. The molecule has 0 fully saturated rings. The van der Waals surface area contributed by atoms with Gasteiger partial charge in [0, 0.05) is 12.7 Å². The summed E-state index contributed by atoms with van der Waals surface area (Å²) >= 11 is 0. The first kappa shape index (κ1) is 21.7. The predicted molar refractivity (Wildman–Crippen MR) is 101 cm³/mol. The van der Waals surface area contributed by atoms with Crippen LogP contribution >= 0.6 is 0 Å². The molecular weight excluding hydrogens is 421 g/mol. The maximum atomic E-state index is 13.0. The van der Waals surface area contributed by atoms with Crippen molar-refractivity contribution in [2.45, 2.75) is 43.9 Å². The number of aryl methyl sites for hydroxylation is 1. The van der Waals surface area contributed by atoms with Gasteiger partial charge in [0.05, 0.1) is 17.3 Å². The summed E-state index contributed by atoms with van der Waals surface area (Å²) in [6.45, 7) is 5.07. The third kappa shape index (κ3) is 3.99. The number of sulfonamides is 1. The topological polar surface area (TPSA) is 114 Å². The third-order valence-electron chi connectivity index (χ3n) is 4.35. The molecule has 0 radical (unpaired) electrons. The van der Waals surface area contributed by atoms with Crippen molar-refractivity contribution in [3.8, 4) is 6.07 Å². The van der Waals surface area contributed by atoms with E-state index in [0.717, 1.165) is 18.5 Å². The summed E-state index contributed by atoms with van der Waals surface area (Å²) in [6, 6.07) is 5.21. The molecule has 0 spiro atoms. The van der Waals surface area contributed by atoms with Crippen molar-refractivity contribution in [1.82, 2.24) is 24.2 Å². The van der Waals surface area contributed by atoms with E-state index in [2.05, 4.69) is 19.7 Å². The summed E-state index contributed by atoms with van der Waals surface area (Å²) in [7, 11) is -4.06. The van der Waals surface area contributed by atoms with Crippen LogP contribution in [0.25, 0.3) is 11.0 Å². The van der Waals surface area contributed by atoms with Crippen molar-refractivity contribution in [2.24, 2.45) is 0 Å². The Kier molecular flexibility index (Phi) is 5.30. The molecule has 0 unspecified atom stereocenters. The molecule has 0 amide bonds. The van der Waals surface area contributed by atoms with E-state index in [4.69, 9.17) is 5.26 Å². The Hall–Kier alpha value is -3.04. The summed E-state index contributed by atoms with van der Waals surface area (Å²) < 4.78 is 68.7. The largest absolute Gasteiger partial charge is 0.433 e. The maximum absolute atomic E-state index is 13.0. The van der Waals surface area contributed by atoms with Gasteiger partial charge in [-0.3, -0.25) is 0 Å². The highest BCUT2D eigenvalue weighted by Gasteiger charge is 2.36. The monoisotopic (exact) mass is 438 g/mol. The van der Waals surface area contributed by atoms with Crippen LogP contribution in [0.2, 0.25) is 0 Å². The minimum Gasteiger partial charge on any atom is -0.327 e. The molecule has 0 aliphatic carbocycles. The highest BCUT2D eigenvalue weighted by molar-refractivity contribution is 7.89. The number of halogens is 3. The summed E-state index contributed by atoms with van der Waals surface area (Å²) in [5.41, 5.74) is -1.86. The van der Waals surface area contributed by atoms with Gasteiger partial charge in [0.15, 0.2) is 0 Å². The average Bonchev–Trinajstić information content (AvgIpc) is 3.05. The molecule has 3 aromatic heterocycles. The number of nitrogens with one attached hydrogen (secondary N) is 1. The number of fused-ring (bicyclic) bond motifs is 1. The van der Waals surface area contributed by atoms with Gasteiger partial charge in [-0.15, -0.1) is 0 Å². The molecule has 1 N–H and O–H groups in total. The molecule has 0 saturated heterocycles. The molecule has 158 valence electrons. The molecule has 0 aliphatic heterocycles. The van der Waals surface area contributed by atoms with Gasteiger partial charge in [-0.25, -0.2) is 23.4 Å². The van der Waals surface area contributed by atoms with Gasteiger partial charge < -0.3 is 4.57 Å². The number of imidazole rings is 1. The number of hydrogen-bond acceptors (Lipinski definition) is 6. The van der Waals surface area contributed by atoms with Gasteiger partial charge in [-0.05, 0) is 39.0 Å². The Balaban J connectivity index is 2.05. The molecule has 0 aliphatic rings. The molecule has 12 heteroatoms. The predicted octanol–water partition coefficient (Wildman–Crippen LogP) is 2.95. The van der Waals surface area contributed by atoms with Crippen molar-refractivity contribution in [2.75, 3.05) is 0 Å². The van der Waals surface area contributed by atoms with Crippen LogP contribution in [0.3, 0.4) is 0 Å². The van der Waals surface area contributed by atoms with E-state index >= 15 is 0 Å². The lowest BCUT2D eigenvalue weighted by Gasteiger charge is -2.26. The van der Waals surface area contributed by atoms with Crippen molar-refractivity contribution in [1.29, 1.82) is 5.26 Å². The highest BCUT2D eigenvalue weighted by atomic mass is 32.2. The van der Waals surface area contributed by atoms with Crippen LogP contribution in [-0.2, 0) is 28.3 Å². The van der Waals surface area contributed by atoms with Gasteiger partial charge in [-0.2, -0.15) is 23.2 Å². The number of nitrogens with zero attached hydrogens (tertiary/aromatic N) is 5. The van der Waals surface area contributed by atoms with Crippen LogP contribution in [0, 0.1) is 11.3 Å². The van der Waals surface area contributed by atoms with E-state index in [1.807, 2.05) is 0 Å². The maximum Gasteiger partial charge on any atom is 0.433 e. The second-order valence-corrected chi connectivity index (χ2v) is 8.64. The van der Waals surface area contributed by atoms with E-state index in [-0.39, 0.29) is 34.0 Å². The zero-order valence-electron chi connectivity index (χ0n) is 16.2. The quantitative estimate of drug-likeness (QED) is 0.655. The Bertz CT molecular complexity index is 1240. The second-order valence-electron chi connectivity index (χ2n) is 6.96. The summed E-state index contributed by atoms with van der Waals surface area (Å²) in [5, 5.41) is 8.80. The van der Waals surface area contributed by atoms with Crippen molar-refractivity contribution in [3.63, 3.8) is 0 Å². The van der Waals surface area contributed by atoms with E-state index in [9.17, 15) is 21.6 Å². The average molecular weight is 438 g/mol. The van der Waals surface area contributed by atoms with Gasteiger partial charge in [0.25, 0.3) is 0 Å². The number of nitriles is 1. The first-order chi connectivity index (χ1) is 13.9. The van der Waals surface area contributed by atoms with Crippen molar-refractivity contribution < 1.29 is 21.6 Å². The zero-order valence-corrected chi connectivity index (χ0v) is 17.0. The SMILES string of the molecule is CCn1c(C(C)(C)NS(=O)(=O)c2ccc(C#N)nc2)nc2cnc(C(F)(F)F)cc21. The Morgan fingerprint density at radius 1 is 1.20 bits per heavy atom. The highest BCUT2D eigenvalue weighted by Crippen LogP contribution is 2.32. The van der Waals surface area contributed by atoms with Gasteiger partial charge in [0.2, 0.25) is 10.0 Å². The first-order valence-electron chi connectivity index (χ1n) is 8.73. The normalized spacial score (nSPS) is 12.8. The Labute approximate surface area is 170 Å². The summed E-state index contributed by atoms with van der Waals surface area (Å²) in [6.07, 6.45) is -2.54. The van der Waals surface area contributed by atoms with Crippen LogP contribution in [0.1, 0.15) is 38.0 Å². The molecule has 0 atom stereocenters. The number of pyridine rings is 2. The molecule has 0 saturated carbocycles. The number of aromatic nitrogens is 4. The molecule has 30 heavy (non-hydrogen) atoms. The molecule has 3 heterocycles. The molecule has 8 nitrogen and oxygen atoms in total. The third-order valence-corrected chi connectivity index (χ3v) is 5.99. The molecule has 0 aromatic carbocycles. The molecule has 3 rings (SSSR count). The number of alkyl halides is 3. The molecule has 0 bridgehead atoms. The van der Waals surface area contributed by atoms with Crippen molar-refractivity contribution >= 4 is 21.1 Å². The minimum atomic E-state index is -4.61. The van der Waals surface area contributed by atoms with Gasteiger partial charge in [-0.1, -0.05) is 0 Å². The van der Waals surface area contributed by atoms with Crippen LogP contribution in [0.4, 0.5) is 13.2 Å². The second kappa shape index (κ2) is 7.33. The van der Waals surface area contributed by atoms with E-state index in [1.165, 1.54) is 16.7 Å². The van der Waals surface area contributed by atoms with Crippen LogP contribution in [0.5, 0.6) is 0 Å². The zero-order chi connectivity index (χ0) is 22.3. The summed E-state index contributed by atoms with van der Waals surface area (Å²) in [5.74, 6) is 0.228. The van der Waals surface area contributed by atoms with Crippen LogP contribution in [0.15, 0.2) is 35.5 Å². The molecule has 3 aromatic rings. The fourth-order valence-corrected chi connectivity index (χ4v) is 4.35. The molecular formula is C18H17F3N6O2S. The van der Waals surface area contributed by atoms with E-state index in [1.54, 1.807) is 26.8 Å². The lowest BCUT2D eigenvalue weighted by Crippen LogP contribution is -2.43. The number of hydrogen-bond donors (Lipinski definition) is 1. The van der Waals surface area contributed by atoms with Gasteiger partial charge in [0.1, 0.15) is 33.7 Å². The van der Waals surface area contributed by atoms with Gasteiger partial charge >= 0.3 is 6.18 Å². The smallest absolute Gasteiger partial charge is 0.327 e. The van der Waals surface area contributed by atoms with E-state index in [0.29, 0.717) is 0 Å². The lowest BCUT2D eigenvalue weighted by molar-refractivity contribution is -0.141. The van der Waals surface area contributed by atoms with E-state index < -0.39 is 27.4 Å². The Morgan fingerprint density at radius 2 is 1.90 bits per heavy atom. The standard InChI is InChI=1S/C18H17F3N6O2S/c1-4-27-14-7-15(18(19,20)21)24-10-13(14)25-16(27)17(2,3)26-30(28,29)12-6-5-11(8-22)23-9-12/h5-7,9-10,26H,4H2,1-3H3. The number of rotatable bonds is 5. The van der Waals surface area contributed by atoms with Crippen molar-refractivity contribution in [3.05, 3.63) is 47.8 Å². The summed E-state index contributed by atoms with van der Waals surface area (Å²) in [4.78, 5) is 11.3. The van der Waals surface area contributed by atoms with Crippen LogP contribution < -0.4 is 4.72 Å². The Morgan fingerprint density at radius 3 is 2.43 bits per heavy atom. The fraction of sp³-hybridized carbons (Fsp3) is 0.333.